The van der Waals surface area contributed by atoms with E-state index in [0.717, 1.165) is 22.3 Å². The van der Waals surface area contributed by atoms with Gasteiger partial charge >= 0.3 is 0 Å². The van der Waals surface area contributed by atoms with Crippen molar-refractivity contribution in [2.45, 2.75) is 0 Å². The lowest BCUT2D eigenvalue weighted by molar-refractivity contribution is 0.533. The van der Waals surface area contributed by atoms with E-state index in [1.165, 1.54) is 33.4 Å². The van der Waals surface area contributed by atoms with Crippen LogP contribution in [0.25, 0.3) is 47.6 Å². The molecule has 0 radical (unpaired) electrons. The third-order valence-electron chi connectivity index (χ3n) is 8.13. The summed E-state index contributed by atoms with van der Waals surface area (Å²) < 4.78 is 5.86. The van der Waals surface area contributed by atoms with Crippen molar-refractivity contribution in [1.29, 1.82) is 0 Å². The van der Waals surface area contributed by atoms with Gasteiger partial charge in [-0.1, -0.05) is 170 Å². The van der Waals surface area contributed by atoms with Gasteiger partial charge in [-0.25, -0.2) is 0 Å². The third-order valence-corrected chi connectivity index (χ3v) is 8.13. The van der Waals surface area contributed by atoms with E-state index in [-0.39, 0.29) is 0 Å². The summed E-state index contributed by atoms with van der Waals surface area (Å²) in [7, 11) is 0. The van der Waals surface area contributed by atoms with Crippen molar-refractivity contribution < 1.29 is 4.42 Å². The van der Waals surface area contributed by atoms with Gasteiger partial charge in [-0.15, -0.1) is 10.2 Å². The van der Waals surface area contributed by atoms with Crippen LogP contribution in [0.5, 0.6) is 0 Å². The molecule has 0 atom stereocenters. The highest BCUT2D eigenvalue weighted by Crippen LogP contribution is 2.27. The van der Waals surface area contributed by atoms with E-state index in [0.29, 0.717) is 11.8 Å². The molecule has 1 aromatic heterocycles. The quantitative estimate of drug-likeness (QED) is 0.141. The van der Waals surface area contributed by atoms with E-state index >= 15 is 0 Å². The maximum Gasteiger partial charge on any atom is 0.240 e. The summed E-state index contributed by atoms with van der Waals surface area (Å²) in [6.45, 7) is 0. The number of nitrogens with zero attached hydrogens (tertiary/aromatic N) is 2. The van der Waals surface area contributed by atoms with Crippen LogP contribution in [-0.2, 0) is 0 Å². The number of hydrogen-bond acceptors (Lipinski definition) is 3. The molecule has 0 unspecified atom stereocenters. The van der Waals surface area contributed by atoms with Crippen LogP contribution in [0.1, 0.15) is 56.3 Å². The van der Waals surface area contributed by atoms with Crippen LogP contribution in [-0.4, -0.2) is 10.2 Å². The van der Waals surface area contributed by atoms with Gasteiger partial charge in [-0.3, -0.25) is 0 Å². The molecule has 7 aromatic rings. The molecule has 0 amide bonds. The summed E-state index contributed by atoms with van der Waals surface area (Å²) >= 11 is 0. The van der Waals surface area contributed by atoms with E-state index in [1.54, 1.807) is 0 Å². The first-order valence-corrected chi connectivity index (χ1v) is 16.3. The highest BCUT2D eigenvalue weighted by Gasteiger charge is 2.07. The fourth-order valence-corrected chi connectivity index (χ4v) is 5.59. The molecule has 0 N–H and O–H groups in total. The first-order chi connectivity index (χ1) is 24.3. The summed E-state index contributed by atoms with van der Waals surface area (Å²) in [5.74, 6) is 0.905. The molecule has 3 nitrogen and oxygen atoms in total. The minimum atomic E-state index is 0.453. The van der Waals surface area contributed by atoms with Gasteiger partial charge in [-0.2, -0.15) is 0 Å². The third kappa shape index (κ3) is 8.23. The van der Waals surface area contributed by atoms with Crippen molar-refractivity contribution >= 4 is 47.6 Å². The second kappa shape index (κ2) is 15.3. The SMILES string of the molecule is C(=C(c1ccccc1)c1ccccc1)c1ccc(/C=C/c2nnc(/C=C/c3ccc(C=C(c4ccccc4)c4ccccc4)cc3)o2)cc1. The molecule has 0 bridgehead atoms. The van der Waals surface area contributed by atoms with Crippen LogP contribution < -0.4 is 0 Å². The van der Waals surface area contributed by atoms with Crippen molar-refractivity contribution in [3.8, 4) is 0 Å². The standard InChI is InChI=1S/C46H34N2O/c1-5-13-39(14-6-1)43(40-15-7-2-8-16-40)33-37-25-21-35(22-26-37)29-31-45-47-48-46(49-45)32-30-36-23-27-38(28-24-36)34-44(41-17-9-3-10-18-41)42-19-11-4-12-20-42/h1-34H/b31-29+,32-30+. The van der Waals surface area contributed by atoms with Crippen LogP contribution in [0.3, 0.4) is 0 Å². The molecule has 0 saturated carbocycles. The predicted octanol–water partition coefficient (Wildman–Crippen LogP) is 11.6. The number of aromatic nitrogens is 2. The molecule has 0 spiro atoms. The largest absolute Gasteiger partial charge is 0.417 e. The Hall–Kier alpha value is -6.58. The zero-order valence-electron chi connectivity index (χ0n) is 26.9. The van der Waals surface area contributed by atoms with Gasteiger partial charge in [-0.05, 0) is 80.0 Å². The lowest BCUT2D eigenvalue weighted by Gasteiger charge is -2.09. The smallest absolute Gasteiger partial charge is 0.240 e. The molecule has 0 aliphatic carbocycles. The van der Waals surface area contributed by atoms with Gasteiger partial charge in [0.1, 0.15) is 0 Å². The predicted molar refractivity (Wildman–Crippen MR) is 205 cm³/mol. The molecule has 0 aliphatic rings. The Balaban J connectivity index is 1.01. The highest BCUT2D eigenvalue weighted by molar-refractivity contribution is 5.92. The Morgan fingerprint density at radius 2 is 0.612 bits per heavy atom. The molecule has 7 rings (SSSR count). The van der Waals surface area contributed by atoms with Crippen LogP contribution in [0.2, 0.25) is 0 Å². The normalized spacial score (nSPS) is 11.1. The maximum absolute atomic E-state index is 5.86. The molecular formula is C46H34N2O. The number of hydrogen-bond donors (Lipinski definition) is 0. The zero-order chi connectivity index (χ0) is 33.1. The second-order valence-corrected chi connectivity index (χ2v) is 11.6. The molecule has 1 heterocycles. The average Bonchev–Trinajstić information content (AvgIpc) is 3.64. The van der Waals surface area contributed by atoms with Gasteiger partial charge in [0.2, 0.25) is 11.8 Å². The van der Waals surface area contributed by atoms with Gasteiger partial charge in [0.15, 0.2) is 0 Å². The summed E-state index contributed by atoms with van der Waals surface area (Å²) in [5, 5.41) is 8.40. The van der Waals surface area contributed by atoms with Gasteiger partial charge in [0.05, 0.1) is 0 Å². The Bertz CT molecular complexity index is 1970. The molecular weight excluding hydrogens is 597 g/mol. The molecule has 234 valence electrons. The Labute approximate surface area is 287 Å². The molecule has 49 heavy (non-hydrogen) atoms. The summed E-state index contributed by atoms with van der Waals surface area (Å²) in [5.41, 5.74) is 11.5. The van der Waals surface area contributed by atoms with Crippen molar-refractivity contribution in [3.05, 3.63) is 226 Å². The second-order valence-electron chi connectivity index (χ2n) is 11.6. The van der Waals surface area contributed by atoms with Crippen LogP contribution in [0.15, 0.2) is 174 Å². The highest BCUT2D eigenvalue weighted by atomic mass is 16.4. The van der Waals surface area contributed by atoms with Crippen LogP contribution in [0, 0.1) is 0 Å². The minimum Gasteiger partial charge on any atom is -0.417 e. The number of rotatable bonds is 10. The molecule has 0 fully saturated rings. The maximum atomic E-state index is 5.86. The van der Waals surface area contributed by atoms with Crippen LogP contribution >= 0.6 is 0 Å². The lowest BCUT2D eigenvalue weighted by atomic mass is 9.95. The fourth-order valence-electron chi connectivity index (χ4n) is 5.59. The Morgan fingerprint density at radius 3 is 0.918 bits per heavy atom. The van der Waals surface area contributed by atoms with Crippen molar-refractivity contribution in [1.82, 2.24) is 10.2 Å². The van der Waals surface area contributed by atoms with E-state index in [9.17, 15) is 0 Å². The lowest BCUT2D eigenvalue weighted by Crippen LogP contribution is -1.88. The molecule has 3 heteroatoms. The van der Waals surface area contributed by atoms with Crippen molar-refractivity contribution in [3.63, 3.8) is 0 Å². The first-order valence-electron chi connectivity index (χ1n) is 16.3. The Morgan fingerprint density at radius 1 is 0.327 bits per heavy atom. The van der Waals surface area contributed by atoms with Gasteiger partial charge < -0.3 is 4.42 Å². The summed E-state index contributed by atoms with van der Waals surface area (Å²) in [4.78, 5) is 0. The first kappa shape index (κ1) is 31.0. The molecule has 0 saturated heterocycles. The van der Waals surface area contributed by atoms with E-state index in [1.807, 2.05) is 48.6 Å². The molecule has 0 aliphatic heterocycles. The van der Waals surface area contributed by atoms with E-state index in [4.69, 9.17) is 4.42 Å². The summed E-state index contributed by atoms with van der Waals surface area (Å²) in [6.07, 6.45) is 12.1. The van der Waals surface area contributed by atoms with Crippen molar-refractivity contribution in [2.75, 3.05) is 0 Å². The van der Waals surface area contributed by atoms with Crippen molar-refractivity contribution in [2.24, 2.45) is 0 Å². The van der Waals surface area contributed by atoms with Gasteiger partial charge in [0.25, 0.3) is 0 Å². The van der Waals surface area contributed by atoms with E-state index in [2.05, 4.69) is 168 Å². The minimum absolute atomic E-state index is 0.453. The summed E-state index contributed by atoms with van der Waals surface area (Å²) in [6, 6.07) is 58.8. The Kier molecular flexibility index (Phi) is 9.72. The molecule has 6 aromatic carbocycles. The fraction of sp³-hybridized carbons (Fsp3) is 0. The zero-order valence-corrected chi connectivity index (χ0v) is 26.9. The number of benzene rings is 6. The topological polar surface area (TPSA) is 38.9 Å². The monoisotopic (exact) mass is 630 g/mol. The van der Waals surface area contributed by atoms with E-state index < -0.39 is 0 Å². The van der Waals surface area contributed by atoms with Gasteiger partial charge in [0, 0.05) is 12.2 Å². The van der Waals surface area contributed by atoms with Crippen LogP contribution in [0.4, 0.5) is 0 Å². The average molecular weight is 631 g/mol.